The maximum atomic E-state index is 13.6. The Balaban J connectivity index is 1.62. The molecule has 1 saturated heterocycles. The minimum absolute atomic E-state index is 0.00789. The summed E-state index contributed by atoms with van der Waals surface area (Å²) in [7, 11) is 3.93. The van der Waals surface area contributed by atoms with Gasteiger partial charge < -0.3 is 5.32 Å². The number of aromatic nitrogens is 1. The predicted octanol–water partition coefficient (Wildman–Crippen LogP) is 5.42. The molecule has 1 aromatic carbocycles. The van der Waals surface area contributed by atoms with Gasteiger partial charge in [0.15, 0.2) is 0 Å². The third-order valence-corrected chi connectivity index (χ3v) is 7.03. The molecular formula is C23H24F6N4O. The molecule has 4 rings (SSSR count). The van der Waals surface area contributed by atoms with E-state index in [2.05, 4.69) is 15.2 Å². The van der Waals surface area contributed by atoms with Crippen LogP contribution in [-0.2, 0) is 17.9 Å². The van der Waals surface area contributed by atoms with Gasteiger partial charge in [0, 0.05) is 11.7 Å². The first-order chi connectivity index (χ1) is 15.8. The highest BCUT2D eigenvalue weighted by atomic mass is 19.4. The van der Waals surface area contributed by atoms with Crippen LogP contribution < -0.4 is 10.2 Å². The molecule has 1 saturated carbocycles. The second kappa shape index (κ2) is 8.14. The van der Waals surface area contributed by atoms with Gasteiger partial charge in [-0.05, 0) is 51.4 Å². The number of alkyl halides is 6. The minimum atomic E-state index is -5.11. The van der Waals surface area contributed by atoms with E-state index in [9.17, 15) is 31.1 Å². The van der Waals surface area contributed by atoms with Gasteiger partial charge in [-0.25, -0.2) is 9.78 Å². The molecule has 1 spiro atoms. The number of urea groups is 1. The maximum Gasteiger partial charge on any atom is 0.419 e. The molecule has 0 radical (unpaired) electrons. The van der Waals surface area contributed by atoms with Crippen LogP contribution >= 0.6 is 0 Å². The molecule has 0 unspecified atom stereocenters. The number of amides is 2. The summed E-state index contributed by atoms with van der Waals surface area (Å²) >= 11 is 0. The molecule has 0 bridgehead atoms. The largest absolute Gasteiger partial charge is 0.419 e. The van der Waals surface area contributed by atoms with Crippen LogP contribution in [0.2, 0.25) is 0 Å². The molecule has 1 aliphatic heterocycles. The number of halogens is 6. The summed E-state index contributed by atoms with van der Waals surface area (Å²) in [5, 5.41) is 2.81. The lowest BCUT2D eigenvalue weighted by Crippen LogP contribution is -2.54. The van der Waals surface area contributed by atoms with E-state index in [4.69, 9.17) is 0 Å². The lowest BCUT2D eigenvalue weighted by molar-refractivity contribution is -0.143. The standard InChI is InChI=1S/C23H24F6N4O/c1-32(2)21(15-6-4-3-5-7-15)10-8-20(9-11-21)14-33(19(34)31-20)18-17(23(27,28)29)12-16(13-30-18)22(24,25)26/h3-7,12-13H,8-11,14H2,1-2H3,(H,31,34)/t20-,21+. The van der Waals surface area contributed by atoms with Crippen LogP contribution in [0.5, 0.6) is 0 Å². The molecule has 1 N–H and O–H groups in total. The molecule has 1 aromatic heterocycles. The quantitative estimate of drug-likeness (QED) is 0.590. The van der Waals surface area contributed by atoms with Crippen LogP contribution in [0, 0.1) is 0 Å². The number of hydrogen-bond acceptors (Lipinski definition) is 3. The lowest BCUT2D eigenvalue weighted by atomic mass is 9.69. The molecule has 2 fully saturated rings. The monoisotopic (exact) mass is 486 g/mol. The minimum Gasteiger partial charge on any atom is -0.330 e. The van der Waals surface area contributed by atoms with Crippen LogP contribution in [0.25, 0.3) is 0 Å². The van der Waals surface area contributed by atoms with Gasteiger partial charge >= 0.3 is 18.4 Å². The SMILES string of the molecule is CN(C)[C@]1(c2ccccc2)CC[C@]2(CC1)CN(c1ncc(C(F)(F)F)cc1C(F)(F)F)C(=O)N2. The molecule has 11 heteroatoms. The molecule has 2 aromatic rings. The van der Waals surface area contributed by atoms with Crippen molar-refractivity contribution in [3.8, 4) is 0 Å². The summed E-state index contributed by atoms with van der Waals surface area (Å²) in [5.41, 5.74) is -3.08. The summed E-state index contributed by atoms with van der Waals surface area (Å²) in [5.74, 6) is -0.817. The Labute approximate surface area is 192 Å². The van der Waals surface area contributed by atoms with Crippen LogP contribution in [0.15, 0.2) is 42.6 Å². The van der Waals surface area contributed by atoms with Crippen molar-refractivity contribution < 1.29 is 31.1 Å². The van der Waals surface area contributed by atoms with Crippen molar-refractivity contribution in [3.63, 3.8) is 0 Å². The highest BCUT2D eigenvalue weighted by Gasteiger charge is 2.52. The summed E-state index contributed by atoms with van der Waals surface area (Å²) in [6.45, 7) is -0.106. The zero-order valence-corrected chi connectivity index (χ0v) is 18.6. The number of rotatable bonds is 3. The Hall–Kier alpha value is -2.82. The molecule has 2 aliphatic rings. The van der Waals surface area contributed by atoms with E-state index in [1.807, 2.05) is 44.4 Å². The van der Waals surface area contributed by atoms with Crippen LogP contribution in [0.3, 0.4) is 0 Å². The van der Waals surface area contributed by atoms with Crippen molar-refractivity contribution in [2.45, 2.75) is 49.1 Å². The van der Waals surface area contributed by atoms with Crippen LogP contribution in [0.1, 0.15) is 42.4 Å². The van der Waals surface area contributed by atoms with E-state index in [1.54, 1.807) is 0 Å². The first kappa shape index (κ1) is 24.3. The second-order valence-corrected chi connectivity index (χ2v) is 9.18. The first-order valence-corrected chi connectivity index (χ1v) is 10.7. The zero-order valence-electron chi connectivity index (χ0n) is 18.6. The van der Waals surface area contributed by atoms with Crippen molar-refractivity contribution in [1.82, 2.24) is 15.2 Å². The van der Waals surface area contributed by atoms with Crippen molar-refractivity contribution >= 4 is 11.8 Å². The highest BCUT2D eigenvalue weighted by molar-refractivity contribution is 5.95. The molecule has 2 heterocycles. The molecule has 0 atom stereocenters. The van der Waals surface area contributed by atoms with E-state index in [1.165, 1.54) is 0 Å². The van der Waals surface area contributed by atoms with Crippen molar-refractivity contribution in [2.24, 2.45) is 0 Å². The fraction of sp³-hybridized carbons (Fsp3) is 0.478. The Morgan fingerprint density at radius 3 is 2.12 bits per heavy atom. The lowest BCUT2D eigenvalue weighted by Gasteiger charge is -2.48. The number of anilines is 1. The first-order valence-electron chi connectivity index (χ1n) is 10.7. The number of nitrogens with one attached hydrogen (secondary N) is 1. The average Bonchev–Trinajstić information content (AvgIpc) is 3.09. The number of hydrogen-bond donors (Lipinski definition) is 1. The fourth-order valence-corrected chi connectivity index (χ4v) is 5.08. The van der Waals surface area contributed by atoms with Gasteiger partial charge in [0.05, 0.1) is 23.2 Å². The average molecular weight is 486 g/mol. The Bertz CT molecular complexity index is 1060. The summed E-state index contributed by atoms with van der Waals surface area (Å²) < 4.78 is 79.9. The Morgan fingerprint density at radius 1 is 0.971 bits per heavy atom. The summed E-state index contributed by atoms with van der Waals surface area (Å²) in [6.07, 6.45) is -7.50. The topological polar surface area (TPSA) is 48.5 Å². The maximum absolute atomic E-state index is 13.6. The van der Waals surface area contributed by atoms with Crippen LogP contribution in [0.4, 0.5) is 37.0 Å². The van der Waals surface area contributed by atoms with E-state index < -0.39 is 40.9 Å². The van der Waals surface area contributed by atoms with Gasteiger partial charge in [-0.3, -0.25) is 9.80 Å². The van der Waals surface area contributed by atoms with E-state index >= 15 is 0 Å². The number of carbonyl (C=O) groups is 1. The van der Waals surface area contributed by atoms with E-state index in [0.29, 0.717) is 31.9 Å². The zero-order chi connectivity index (χ0) is 24.9. The predicted molar refractivity (Wildman–Crippen MR) is 113 cm³/mol. The Morgan fingerprint density at radius 2 is 1.59 bits per heavy atom. The third kappa shape index (κ3) is 4.21. The van der Waals surface area contributed by atoms with Crippen molar-refractivity contribution in [3.05, 3.63) is 59.3 Å². The number of carbonyl (C=O) groups excluding carboxylic acids is 1. The van der Waals surface area contributed by atoms with Gasteiger partial charge in [0.1, 0.15) is 5.82 Å². The molecule has 2 amide bonds. The second-order valence-electron chi connectivity index (χ2n) is 9.18. The van der Waals surface area contributed by atoms with Gasteiger partial charge in [-0.15, -0.1) is 0 Å². The van der Waals surface area contributed by atoms with Gasteiger partial charge in [-0.2, -0.15) is 26.3 Å². The third-order valence-electron chi connectivity index (χ3n) is 7.03. The number of pyridine rings is 1. The van der Waals surface area contributed by atoms with Gasteiger partial charge in [0.25, 0.3) is 0 Å². The molecule has 184 valence electrons. The molecule has 1 aliphatic carbocycles. The number of nitrogens with zero attached hydrogens (tertiary/aromatic N) is 3. The van der Waals surface area contributed by atoms with E-state index in [0.717, 1.165) is 10.5 Å². The number of benzene rings is 1. The van der Waals surface area contributed by atoms with E-state index in [-0.39, 0.29) is 18.2 Å². The summed E-state index contributed by atoms with van der Waals surface area (Å²) in [6, 6.07) is 9.07. The highest BCUT2D eigenvalue weighted by Crippen LogP contribution is 2.47. The van der Waals surface area contributed by atoms with Gasteiger partial charge in [-0.1, -0.05) is 30.3 Å². The van der Waals surface area contributed by atoms with Gasteiger partial charge in [0.2, 0.25) is 0 Å². The van der Waals surface area contributed by atoms with Crippen molar-refractivity contribution in [1.29, 1.82) is 0 Å². The van der Waals surface area contributed by atoms with Crippen molar-refractivity contribution in [2.75, 3.05) is 25.5 Å². The smallest absolute Gasteiger partial charge is 0.330 e. The molecule has 34 heavy (non-hydrogen) atoms. The molecule has 5 nitrogen and oxygen atoms in total. The Kier molecular flexibility index (Phi) is 5.82. The summed E-state index contributed by atoms with van der Waals surface area (Å²) in [4.78, 5) is 19.1. The normalized spacial score (nSPS) is 25.8. The fourth-order valence-electron chi connectivity index (χ4n) is 5.08. The van der Waals surface area contributed by atoms with Crippen LogP contribution in [-0.4, -0.2) is 42.1 Å². The molecular weight excluding hydrogens is 462 g/mol.